The standard InChI is InChI=1S/C16H20N2/c1-18(13-17)16(15-10-6-3-7-11-15)12-14-8-4-2-5-9-14/h2-11,16H,12-13,17H2,1H3. The molecule has 2 rings (SSSR count). The number of hydrogen-bond acceptors (Lipinski definition) is 2. The monoisotopic (exact) mass is 240 g/mol. The minimum atomic E-state index is 0.332. The molecule has 0 heterocycles. The molecule has 0 aliphatic carbocycles. The fraction of sp³-hybridized carbons (Fsp3) is 0.250. The molecule has 0 spiro atoms. The van der Waals surface area contributed by atoms with Gasteiger partial charge in [-0.2, -0.15) is 0 Å². The van der Waals surface area contributed by atoms with Gasteiger partial charge in [-0.15, -0.1) is 0 Å². The molecule has 0 bridgehead atoms. The molecule has 0 aromatic heterocycles. The summed E-state index contributed by atoms with van der Waals surface area (Å²) in [5, 5.41) is 0. The maximum atomic E-state index is 5.79. The number of nitrogens with zero attached hydrogens (tertiary/aromatic N) is 1. The third kappa shape index (κ3) is 3.19. The summed E-state index contributed by atoms with van der Waals surface area (Å²) in [4.78, 5) is 2.18. The van der Waals surface area contributed by atoms with Gasteiger partial charge >= 0.3 is 0 Å². The maximum Gasteiger partial charge on any atom is 0.0458 e. The second kappa shape index (κ2) is 6.34. The average molecular weight is 240 g/mol. The molecular formula is C16H20N2. The van der Waals surface area contributed by atoms with E-state index in [9.17, 15) is 0 Å². The highest BCUT2D eigenvalue weighted by molar-refractivity contribution is 5.23. The van der Waals surface area contributed by atoms with Gasteiger partial charge < -0.3 is 5.73 Å². The summed E-state index contributed by atoms with van der Waals surface area (Å²) in [6.07, 6.45) is 0.985. The van der Waals surface area contributed by atoms with Gasteiger partial charge in [0.1, 0.15) is 0 Å². The smallest absolute Gasteiger partial charge is 0.0458 e. The fourth-order valence-corrected chi connectivity index (χ4v) is 2.17. The van der Waals surface area contributed by atoms with E-state index in [1.54, 1.807) is 0 Å². The summed E-state index contributed by atoms with van der Waals surface area (Å²) in [7, 11) is 2.07. The Kier molecular flexibility index (Phi) is 4.51. The van der Waals surface area contributed by atoms with Crippen molar-refractivity contribution in [2.24, 2.45) is 5.73 Å². The molecule has 0 aliphatic rings. The van der Waals surface area contributed by atoms with Gasteiger partial charge in [-0.05, 0) is 24.6 Å². The second-order valence-electron chi connectivity index (χ2n) is 4.56. The summed E-state index contributed by atoms with van der Waals surface area (Å²) >= 11 is 0. The summed E-state index contributed by atoms with van der Waals surface area (Å²) in [5.74, 6) is 0. The van der Waals surface area contributed by atoms with Gasteiger partial charge in [0.05, 0.1) is 0 Å². The Hall–Kier alpha value is -1.64. The summed E-state index contributed by atoms with van der Waals surface area (Å²) in [6, 6.07) is 21.4. The van der Waals surface area contributed by atoms with Gasteiger partial charge in [0, 0.05) is 12.7 Å². The molecule has 0 saturated heterocycles. The van der Waals surface area contributed by atoms with E-state index in [4.69, 9.17) is 5.73 Å². The number of nitrogens with two attached hydrogens (primary N) is 1. The molecule has 2 aromatic carbocycles. The Morgan fingerprint density at radius 1 is 0.944 bits per heavy atom. The van der Waals surface area contributed by atoms with Crippen molar-refractivity contribution in [3.05, 3.63) is 71.8 Å². The summed E-state index contributed by atoms with van der Waals surface area (Å²) in [5.41, 5.74) is 8.44. The largest absolute Gasteiger partial charge is 0.318 e. The van der Waals surface area contributed by atoms with Crippen LogP contribution < -0.4 is 5.73 Å². The first kappa shape index (κ1) is 12.8. The SMILES string of the molecule is CN(CN)C(Cc1ccccc1)c1ccccc1. The summed E-state index contributed by atoms with van der Waals surface area (Å²) < 4.78 is 0. The van der Waals surface area contributed by atoms with E-state index in [1.165, 1.54) is 11.1 Å². The van der Waals surface area contributed by atoms with Crippen molar-refractivity contribution in [1.29, 1.82) is 0 Å². The van der Waals surface area contributed by atoms with Gasteiger partial charge in [0.15, 0.2) is 0 Å². The number of likely N-dealkylation sites (N-methyl/N-ethyl adjacent to an activating group) is 1. The Bertz CT molecular complexity index is 453. The third-order valence-electron chi connectivity index (χ3n) is 3.28. The normalized spacial score (nSPS) is 12.6. The van der Waals surface area contributed by atoms with Crippen LogP contribution in [0.4, 0.5) is 0 Å². The van der Waals surface area contributed by atoms with Crippen LogP contribution in [-0.2, 0) is 6.42 Å². The van der Waals surface area contributed by atoms with Crippen molar-refractivity contribution in [3.8, 4) is 0 Å². The molecule has 94 valence electrons. The topological polar surface area (TPSA) is 29.3 Å². The minimum Gasteiger partial charge on any atom is -0.318 e. The maximum absolute atomic E-state index is 5.79. The molecule has 2 N–H and O–H groups in total. The zero-order valence-corrected chi connectivity index (χ0v) is 10.8. The van der Waals surface area contributed by atoms with Crippen LogP contribution >= 0.6 is 0 Å². The van der Waals surface area contributed by atoms with Crippen LogP contribution in [0.2, 0.25) is 0 Å². The fourth-order valence-electron chi connectivity index (χ4n) is 2.17. The zero-order valence-electron chi connectivity index (χ0n) is 10.8. The Morgan fingerprint density at radius 2 is 1.50 bits per heavy atom. The van der Waals surface area contributed by atoms with Crippen LogP contribution in [0, 0.1) is 0 Å². The molecule has 2 heteroatoms. The predicted octanol–water partition coefficient (Wildman–Crippen LogP) is 2.82. The van der Waals surface area contributed by atoms with Crippen molar-refractivity contribution < 1.29 is 0 Å². The van der Waals surface area contributed by atoms with Gasteiger partial charge in [-0.1, -0.05) is 60.7 Å². The molecule has 0 amide bonds. The van der Waals surface area contributed by atoms with Crippen molar-refractivity contribution in [2.75, 3.05) is 13.7 Å². The van der Waals surface area contributed by atoms with E-state index < -0.39 is 0 Å². The molecule has 1 atom stereocenters. The molecule has 0 saturated carbocycles. The van der Waals surface area contributed by atoms with Gasteiger partial charge in [0.2, 0.25) is 0 Å². The quantitative estimate of drug-likeness (QED) is 0.814. The van der Waals surface area contributed by atoms with Crippen LogP contribution in [0.25, 0.3) is 0 Å². The number of rotatable bonds is 5. The van der Waals surface area contributed by atoms with Crippen LogP contribution in [-0.4, -0.2) is 18.6 Å². The molecule has 0 aliphatic heterocycles. The molecule has 0 radical (unpaired) electrons. The Balaban J connectivity index is 2.21. The van der Waals surface area contributed by atoms with E-state index in [-0.39, 0.29) is 0 Å². The number of hydrogen-bond donors (Lipinski definition) is 1. The lowest BCUT2D eigenvalue weighted by molar-refractivity contribution is 0.250. The lowest BCUT2D eigenvalue weighted by Gasteiger charge is -2.27. The Morgan fingerprint density at radius 3 is 2.06 bits per heavy atom. The molecular weight excluding hydrogens is 220 g/mol. The van der Waals surface area contributed by atoms with Gasteiger partial charge in [-0.25, -0.2) is 0 Å². The molecule has 0 fully saturated rings. The highest BCUT2D eigenvalue weighted by Crippen LogP contribution is 2.23. The second-order valence-corrected chi connectivity index (χ2v) is 4.56. The summed E-state index contributed by atoms with van der Waals surface area (Å²) in [6.45, 7) is 0.562. The lowest BCUT2D eigenvalue weighted by atomic mass is 9.98. The zero-order chi connectivity index (χ0) is 12.8. The average Bonchev–Trinajstić information content (AvgIpc) is 2.46. The molecule has 2 nitrogen and oxygen atoms in total. The first-order valence-corrected chi connectivity index (χ1v) is 6.30. The first-order chi connectivity index (χ1) is 8.81. The van der Waals surface area contributed by atoms with Gasteiger partial charge in [0.25, 0.3) is 0 Å². The van der Waals surface area contributed by atoms with Crippen LogP contribution in [0.3, 0.4) is 0 Å². The predicted molar refractivity (Wildman–Crippen MR) is 76.1 cm³/mol. The lowest BCUT2D eigenvalue weighted by Crippen LogP contribution is -2.31. The first-order valence-electron chi connectivity index (χ1n) is 6.30. The molecule has 18 heavy (non-hydrogen) atoms. The van der Waals surface area contributed by atoms with E-state index in [2.05, 4.69) is 60.5 Å². The van der Waals surface area contributed by atoms with E-state index in [0.29, 0.717) is 12.7 Å². The van der Waals surface area contributed by atoms with Crippen molar-refractivity contribution in [3.63, 3.8) is 0 Å². The minimum absolute atomic E-state index is 0.332. The highest BCUT2D eigenvalue weighted by Gasteiger charge is 2.15. The molecule has 2 aromatic rings. The van der Waals surface area contributed by atoms with Crippen molar-refractivity contribution in [1.82, 2.24) is 4.90 Å². The van der Waals surface area contributed by atoms with Crippen LogP contribution in [0.1, 0.15) is 17.2 Å². The molecule has 1 unspecified atom stereocenters. The van der Waals surface area contributed by atoms with E-state index in [0.717, 1.165) is 6.42 Å². The van der Waals surface area contributed by atoms with Crippen molar-refractivity contribution >= 4 is 0 Å². The third-order valence-corrected chi connectivity index (χ3v) is 3.28. The van der Waals surface area contributed by atoms with Gasteiger partial charge in [-0.3, -0.25) is 4.90 Å². The highest BCUT2D eigenvalue weighted by atomic mass is 15.2. The van der Waals surface area contributed by atoms with Crippen molar-refractivity contribution in [2.45, 2.75) is 12.5 Å². The Labute approximate surface area is 109 Å². The van der Waals surface area contributed by atoms with E-state index in [1.807, 2.05) is 12.1 Å². The number of benzene rings is 2. The van der Waals surface area contributed by atoms with E-state index >= 15 is 0 Å². The van der Waals surface area contributed by atoms with Crippen LogP contribution in [0.5, 0.6) is 0 Å². The van der Waals surface area contributed by atoms with Crippen LogP contribution in [0.15, 0.2) is 60.7 Å².